The second-order valence-corrected chi connectivity index (χ2v) is 5.83. The molecule has 1 aliphatic carbocycles. The van der Waals surface area contributed by atoms with Crippen LogP contribution in [0.1, 0.15) is 50.4 Å². The van der Waals surface area contributed by atoms with E-state index in [1.54, 1.807) is 0 Å². The summed E-state index contributed by atoms with van der Waals surface area (Å²) in [5.41, 5.74) is 1.62. The van der Waals surface area contributed by atoms with Gasteiger partial charge in [0.25, 0.3) is 0 Å². The lowest BCUT2D eigenvalue weighted by atomic mass is 10.0. The summed E-state index contributed by atoms with van der Waals surface area (Å²) >= 11 is 1.85. The molecule has 1 aromatic heterocycles. The van der Waals surface area contributed by atoms with Crippen LogP contribution in [0.2, 0.25) is 0 Å². The third-order valence-corrected chi connectivity index (χ3v) is 4.62. The average molecular weight is 246 g/mol. The smallest absolute Gasteiger partial charge is 0.154 e. The molecule has 0 spiro atoms. The van der Waals surface area contributed by atoms with Gasteiger partial charge in [-0.15, -0.1) is 11.8 Å². The summed E-state index contributed by atoms with van der Waals surface area (Å²) < 4.78 is 0. The topological polar surface area (TPSA) is 36.7 Å². The van der Waals surface area contributed by atoms with E-state index < -0.39 is 0 Å². The fourth-order valence-corrected chi connectivity index (χ4v) is 3.50. The highest BCUT2D eigenvalue weighted by Gasteiger charge is 2.16. The Morgan fingerprint density at radius 2 is 2.12 bits per heavy atom. The van der Waals surface area contributed by atoms with Crippen molar-refractivity contribution in [3.05, 3.63) is 23.5 Å². The van der Waals surface area contributed by atoms with Crippen molar-refractivity contribution in [3.8, 4) is 6.07 Å². The predicted molar refractivity (Wildman–Crippen MR) is 71.1 cm³/mol. The van der Waals surface area contributed by atoms with Crippen LogP contribution >= 0.6 is 11.8 Å². The first-order chi connectivity index (χ1) is 8.33. The number of hydrogen-bond donors (Lipinski definition) is 0. The van der Waals surface area contributed by atoms with Crippen LogP contribution in [-0.2, 0) is 6.42 Å². The summed E-state index contributed by atoms with van der Waals surface area (Å²) in [6.07, 6.45) is 7.49. The van der Waals surface area contributed by atoms with Crippen molar-refractivity contribution >= 4 is 11.8 Å². The molecule has 3 heteroatoms. The van der Waals surface area contributed by atoms with Gasteiger partial charge in [0.1, 0.15) is 6.07 Å². The normalized spacial score (nSPS) is 16.7. The molecule has 90 valence electrons. The molecule has 0 radical (unpaired) electrons. The molecule has 0 atom stereocenters. The highest BCUT2D eigenvalue weighted by molar-refractivity contribution is 8.00. The summed E-state index contributed by atoms with van der Waals surface area (Å²) in [5, 5.41) is 9.83. The molecular formula is C14H18N2S. The fraction of sp³-hybridized carbons (Fsp3) is 0.571. The monoisotopic (exact) mass is 246 g/mol. The van der Waals surface area contributed by atoms with Gasteiger partial charge in [-0.1, -0.05) is 26.2 Å². The molecule has 2 rings (SSSR count). The zero-order chi connectivity index (χ0) is 12.1. The Balaban J connectivity index is 2.12. The number of rotatable bonds is 3. The van der Waals surface area contributed by atoms with Crippen molar-refractivity contribution in [2.45, 2.75) is 55.6 Å². The van der Waals surface area contributed by atoms with Gasteiger partial charge >= 0.3 is 0 Å². The molecule has 0 unspecified atom stereocenters. The second kappa shape index (κ2) is 6.07. The van der Waals surface area contributed by atoms with E-state index in [0.717, 1.165) is 17.0 Å². The molecule has 0 saturated heterocycles. The van der Waals surface area contributed by atoms with Crippen LogP contribution in [0, 0.1) is 11.3 Å². The van der Waals surface area contributed by atoms with Gasteiger partial charge in [-0.25, -0.2) is 4.98 Å². The summed E-state index contributed by atoms with van der Waals surface area (Å²) in [7, 11) is 0. The maximum atomic E-state index is 9.14. The Morgan fingerprint density at radius 1 is 1.35 bits per heavy atom. The average Bonchev–Trinajstić information content (AvgIpc) is 2.40. The number of aryl methyl sites for hydroxylation is 1. The van der Waals surface area contributed by atoms with Gasteiger partial charge in [-0.05, 0) is 31.4 Å². The lowest BCUT2D eigenvalue weighted by molar-refractivity contribution is 0.516. The molecule has 0 amide bonds. The molecule has 1 aliphatic rings. The van der Waals surface area contributed by atoms with Crippen molar-refractivity contribution < 1.29 is 0 Å². The minimum Gasteiger partial charge on any atom is -0.241 e. The number of aromatic nitrogens is 1. The van der Waals surface area contributed by atoms with Crippen molar-refractivity contribution in [2.24, 2.45) is 0 Å². The number of thioether (sulfide) groups is 1. The maximum absolute atomic E-state index is 9.14. The van der Waals surface area contributed by atoms with E-state index in [0.29, 0.717) is 10.9 Å². The molecule has 1 fully saturated rings. The van der Waals surface area contributed by atoms with Gasteiger partial charge in [-0.2, -0.15) is 5.26 Å². The van der Waals surface area contributed by atoms with E-state index in [1.165, 1.54) is 32.1 Å². The van der Waals surface area contributed by atoms with Crippen LogP contribution in [-0.4, -0.2) is 10.2 Å². The molecular weight excluding hydrogens is 228 g/mol. The number of hydrogen-bond acceptors (Lipinski definition) is 3. The predicted octanol–water partition coefficient (Wildman–Crippen LogP) is 3.94. The van der Waals surface area contributed by atoms with Gasteiger partial charge < -0.3 is 0 Å². The van der Waals surface area contributed by atoms with E-state index in [-0.39, 0.29) is 0 Å². The highest BCUT2D eigenvalue weighted by atomic mass is 32.2. The van der Waals surface area contributed by atoms with Gasteiger partial charge in [0.05, 0.1) is 0 Å². The SMILES string of the molecule is CCc1ccc(SC2CCCCC2)c(C#N)n1. The van der Waals surface area contributed by atoms with Crippen LogP contribution in [0.25, 0.3) is 0 Å². The van der Waals surface area contributed by atoms with E-state index in [9.17, 15) is 0 Å². The van der Waals surface area contributed by atoms with E-state index in [2.05, 4.69) is 24.0 Å². The van der Waals surface area contributed by atoms with Crippen LogP contribution in [0.15, 0.2) is 17.0 Å². The van der Waals surface area contributed by atoms with E-state index in [1.807, 2.05) is 17.8 Å². The van der Waals surface area contributed by atoms with Crippen LogP contribution in [0.3, 0.4) is 0 Å². The van der Waals surface area contributed by atoms with Crippen LogP contribution in [0.4, 0.5) is 0 Å². The highest BCUT2D eigenvalue weighted by Crippen LogP contribution is 2.34. The summed E-state index contributed by atoms with van der Waals surface area (Å²) in [5.74, 6) is 0. The maximum Gasteiger partial charge on any atom is 0.154 e. The Hall–Kier alpha value is -1.01. The largest absolute Gasteiger partial charge is 0.241 e. The van der Waals surface area contributed by atoms with Crippen molar-refractivity contribution in [1.29, 1.82) is 5.26 Å². The van der Waals surface area contributed by atoms with Crippen molar-refractivity contribution in [2.75, 3.05) is 0 Å². The zero-order valence-electron chi connectivity index (χ0n) is 10.3. The van der Waals surface area contributed by atoms with E-state index in [4.69, 9.17) is 5.26 Å². The lowest BCUT2D eigenvalue weighted by Gasteiger charge is -2.21. The van der Waals surface area contributed by atoms with Gasteiger partial charge in [0, 0.05) is 15.8 Å². The fourth-order valence-electron chi connectivity index (χ4n) is 2.22. The molecule has 17 heavy (non-hydrogen) atoms. The molecule has 0 bridgehead atoms. The summed E-state index contributed by atoms with van der Waals surface area (Å²) in [4.78, 5) is 5.46. The molecule has 2 nitrogen and oxygen atoms in total. The number of nitriles is 1. The Kier molecular flexibility index (Phi) is 4.44. The quantitative estimate of drug-likeness (QED) is 0.810. The third kappa shape index (κ3) is 3.23. The first-order valence-electron chi connectivity index (χ1n) is 6.40. The Bertz CT molecular complexity index is 417. The summed E-state index contributed by atoms with van der Waals surface area (Å²) in [6, 6.07) is 6.35. The van der Waals surface area contributed by atoms with Gasteiger partial charge in [-0.3, -0.25) is 0 Å². The first-order valence-corrected chi connectivity index (χ1v) is 7.28. The molecule has 0 aliphatic heterocycles. The minimum absolute atomic E-state index is 0.611. The lowest BCUT2D eigenvalue weighted by Crippen LogP contribution is -2.08. The van der Waals surface area contributed by atoms with Crippen molar-refractivity contribution in [3.63, 3.8) is 0 Å². The van der Waals surface area contributed by atoms with Gasteiger partial charge in [0.15, 0.2) is 5.69 Å². The molecule has 0 aromatic carbocycles. The zero-order valence-corrected chi connectivity index (χ0v) is 11.1. The first kappa shape index (κ1) is 12.4. The molecule has 0 N–H and O–H groups in total. The summed E-state index contributed by atoms with van der Waals surface area (Å²) in [6.45, 7) is 2.07. The number of nitrogens with zero attached hydrogens (tertiary/aromatic N) is 2. The molecule has 1 heterocycles. The van der Waals surface area contributed by atoms with Crippen LogP contribution < -0.4 is 0 Å². The Labute approximate surface area is 107 Å². The minimum atomic E-state index is 0.611. The van der Waals surface area contributed by atoms with Crippen molar-refractivity contribution in [1.82, 2.24) is 4.98 Å². The second-order valence-electron chi connectivity index (χ2n) is 4.49. The van der Waals surface area contributed by atoms with Crippen LogP contribution in [0.5, 0.6) is 0 Å². The number of pyridine rings is 1. The van der Waals surface area contributed by atoms with Gasteiger partial charge in [0.2, 0.25) is 0 Å². The van der Waals surface area contributed by atoms with E-state index >= 15 is 0 Å². The standard InChI is InChI=1S/C14H18N2S/c1-2-11-8-9-14(13(10-15)16-11)17-12-6-4-3-5-7-12/h8-9,12H,2-7H2,1H3. The Morgan fingerprint density at radius 3 is 2.76 bits per heavy atom. The molecule has 1 aromatic rings. The molecule has 1 saturated carbocycles. The third-order valence-electron chi connectivity index (χ3n) is 3.23.